The van der Waals surface area contributed by atoms with Gasteiger partial charge in [-0.1, -0.05) is 6.07 Å². The van der Waals surface area contributed by atoms with Crippen LogP contribution in [-0.4, -0.2) is 48.3 Å². The van der Waals surface area contributed by atoms with Crippen molar-refractivity contribution in [1.29, 1.82) is 0 Å². The molecule has 1 aliphatic heterocycles. The lowest BCUT2D eigenvalue weighted by atomic mass is 10.1. The maximum absolute atomic E-state index is 13.6. The Morgan fingerprint density at radius 1 is 1.33 bits per heavy atom. The monoisotopic (exact) mass is 299 g/mol. The van der Waals surface area contributed by atoms with Crippen molar-refractivity contribution >= 4 is 5.91 Å². The van der Waals surface area contributed by atoms with E-state index in [1.54, 1.807) is 0 Å². The summed E-state index contributed by atoms with van der Waals surface area (Å²) in [6, 6.07) is 3.62. The van der Waals surface area contributed by atoms with Gasteiger partial charge in [0.2, 0.25) is 0 Å². The van der Waals surface area contributed by atoms with Crippen LogP contribution >= 0.6 is 0 Å². The van der Waals surface area contributed by atoms with Crippen LogP contribution in [0.4, 0.5) is 8.78 Å². The van der Waals surface area contributed by atoms with Gasteiger partial charge in [-0.15, -0.1) is 0 Å². The average molecular weight is 299 g/mol. The van der Waals surface area contributed by atoms with Gasteiger partial charge in [-0.3, -0.25) is 4.79 Å². The van der Waals surface area contributed by atoms with Gasteiger partial charge in [0, 0.05) is 26.3 Å². The molecule has 0 aliphatic carbocycles. The first-order chi connectivity index (χ1) is 10.1. The number of rotatable bonds is 5. The van der Waals surface area contributed by atoms with E-state index in [1.807, 2.05) is 0 Å². The molecule has 1 aliphatic rings. The number of ether oxygens (including phenoxy) is 1. The number of amides is 1. The van der Waals surface area contributed by atoms with Crippen LogP contribution in [0, 0.1) is 11.6 Å². The Labute approximate surface area is 122 Å². The zero-order chi connectivity index (χ0) is 15.2. The molecule has 0 saturated carbocycles. The van der Waals surface area contributed by atoms with Crippen LogP contribution in [0.2, 0.25) is 0 Å². The van der Waals surface area contributed by atoms with Crippen LogP contribution in [-0.2, 0) is 4.74 Å². The molecule has 0 aromatic heterocycles. The zero-order valence-electron chi connectivity index (χ0n) is 11.7. The van der Waals surface area contributed by atoms with Gasteiger partial charge in [0.1, 0.15) is 0 Å². The molecule has 1 saturated heterocycles. The maximum Gasteiger partial charge on any atom is 0.256 e. The number of nitrogens with zero attached hydrogens (tertiary/aromatic N) is 1. The largest absolute Gasteiger partial charge is 0.396 e. The molecule has 116 valence electrons. The molecular weight excluding hydrogens is 280 g/mol. The number of aliphatic hydroxyl groups excluding tert-OH is 1. The fourth-order valence-corrected chi connectivity index (χ4v) is 2.38. The maximum atomic E-state index is 13.6. The number of carbonyl (C=O) groups is 1. The Hall–Kier alpha value is -1.53. The van der Waals surface area contributed by atoms with E-state index in [0.29, 0.717) is 39.0 Å². The number of hydrogen-bond acceptors (Lipinski definition) is 3. The molecule has 1 amide bonds. The van der Waals surface area contributed by atoms with Crippen LogP contribution < -0.4 is 0 Å². The summed E-state index contributed by atoms with van der Waals surface area (Å²) < 4.78 is 32.3. The van der Waals surface area contributed by atoms with Crippen molar-refractivity contribution in [3.05, 3.63) is 35.4 Å². The molecule has 0 bridgehead atoms. The van der Waals surface area contributed by atoms with Crippen molar-refractivity contribution in [3.8, 4) is 0 Å². The molecule has 1 aromatic carbocycles. The van der Waals surface area contributed by atoms with Crippen LogP contribution in [0.25, 0.3) is 0 Å². The van der Waals surface area contributed by atoms with Crippen LogP contribution in [0.3, 0.4) is 0 Å². The van der Waals surface area contributed by atoms with E-state index >= 15 is 0 Å². The minimum absolute atomic E-state index is 0.0537. The third-order valence-electron chi connectivity index (χ3n) is 3.57. The molecule has 1 aromatic rings. The van der Waals surface area contributed by atoms with Crippen LogP contribution in [0.1, 0.15) is 29.6 Å². The van der Waals surface area contributed by atoms with E-state index in [-0.39, 0.29) is 18.3 Å². The van der Waals surface area contributed by atoms with Crippen molar-refractivity contribution in [2.45, 2.75) is 25.4 Å². The first-order valence-corrected chi connectivity index (χ1v) is 7.09. The molecule has 4 nitrogen and oxygen atoms in total. The summed E-state index contributed by atoms with van der Waals surface area (Å²) in [5, 5.41) is 8.69. The predicted molar refractivity (Wildman–Crippen MR) is 72.9 cm³/mol. The normalized spacial score (nSPS) is 16.2. The van der Waals surface area contributed by atoms with Crippen molar-refractivity contribution in [2.75, 3.05) is 26.3 Å². The molecule has 1 N–H and O–H groups in total. The highest BCUT2D eigenvalue weighted by Crippen LogP contribution is 2.19. The first-order valence-electron chi connectivity index (χ1n) is 7.09. The van der Waals surface area contributed by atoms with E-state index in [4.69, 9.17) is 9.84 Å². The molecule has 0 atom stereocenters. The number of benzene rings is 1. The van der Waals surface area contributed by atoms with Gasteiger partial charge in [-0.05, 0) is 31.4 Å². The van der Waals surface area contributed by atoms with Crippen molar-refractivity contribution in [3.63, 3.8) is 0 Å². The second kappa shape index (κ2) is 7.47. The molecule has 1 fully saturated rings. The highest BCUT2D eigenvalue weighted by Gasteiger charge is 2.26. The molecule has 6 heteroatoms. The van der Waals surface area contributed by atoms with Crippen LogP contribution in [0.15, 0.2) is 18.2 Å². The van der Waals surface area contributed by atoms with Gasteiger partial charge >= 0.3 is 0 Å². The lowest BCUT2D eigenvalue weighted by molar-refractivity contribution is 0.00386. The topological polar surface area (TPSA) is 49.8 Å². The lowest BCUT2D eigenvalue weighted by Crippen LogP contribution is -2.41. The minimum atomic E-state index is -1.09. The number of aliphatic hydroxyl groups is 1. The summed E-state index contributed by atoms with van der Waals surface area (Å²) >= 11 is 0. The van der Waals surface area contributed by atoms with E-state index < -0.39 is 17.5 Å². The molecule has 21 heavy (non-hydrogen) atoms. The standard InChI is InChI=1S/C15H19F2NO3/c16-13-4-1-3-12(14(13)17)15(20)18-7-5-11(6-8-18)21-10-2-9-19/h1,3-4,11,19H,2,5-10H2. The van der Waals surface area contributed by atoms with Crippen molar-refractivity contribution in [2.24, 2.45) is 0 Å². The summed E-state index contributed by atoms with van der Waals surface area (Å²) in [4.78, 5) is 13.7. The number of hydrogen-bond donors (Lipinski definition) is 1. The summed E-state index contributed by atoms with van der Waals surface area (Å²) in [5.74, 6) is -2.59. The highest BCUT2D eigenvalue weighted by molar-refractivity contribution is 5.94. The van der Waals surface area contributed by atoms with Crippen LogP contribution in [0.5, 0.6) is 0 Å². The third kappa shape index (κ3) is 3.98. The Morgan fingerprint density at radius 2 is 2.05 bits per heavy atom. The van der Waals surface area contributed by atoms with Gasteiger partial charge < -0.3 is 14.7 Å². The lowest BCUT2D eigenvalue weighted by Gasteiger charge is -2.32. The van der Waals surface area contributed by atoms with Crippen molar-refractivity contribution in [1.82, 2.24) is 4.90 Å². The molecule has 2 rings (SSSR count). The van der Waals surface area contributed by atoms with E-state index in [0.717, 1.165) is 6.07 Å². The fourth-order valence-electron chi connectivity index (χ4n) is 2.38. The van der Waals surface area contributed by atoms with Gasteiger partial charge in [0.15, 0.2) is 11.6 Å². The highest BCUT2D eigenvalue weighted by atomic mass is 19.2. The Bertz CT molecular complexity index is 488. The van der Waals surface area contributed by atoms with E-state index in [9.17, 15) is 13.6 Å². The first kappa shape index (κ1) is 15.9. The van der Waals surface area contributed by atoms with Crippen molar-refractivity contribution < 1.29 is 23.4 Å². The smallest absolute Gasteiger partial charge is 0.256 e. The van der Waals surface area contributed by atoms with Gasteiger partial charge in [-0.25, -0.2) is 8.78 Å². The Kier molecular flexibility index (Phi) is 5.64. The molecular formula is C15H19F2NO3. The second-order valence-corrected chi connectivity index (χ2v) is 5.04. The molecule has 0 spiro atoms. The zero-order valence-corrected chi connectivity index (χ0v) is 11.7. The van der Waals surface area contributed by atoms with Gasteiger partial charge in [0.05, 0.1) is 11.7 Å². The Morgan fingerprint density at radius 3 is 2.71 bits per heavy atom. The summed E-state index contributed by atoms with van der Waals surface area (Å²) in [5.41, 5.74) is -0.227. The second-order valence-electron chi connectivity index (χ2n) is 5.04. The molecule has 1 heterocycles. The average Bonchev–Trinajstić information content (AvgIpc) is 2.50. The van der Waals surface area contributed by atoms with Gasteiger partial charge in [0.25, 0.3) is 5.91 Å². The number of halogens is 2. The number of carbonyl (C=O) groups excluding carboxylic acids is 1. The molecule has 0 unspecified atom stereocenters. The van der Waals surface area contributed by atoms with Gasteiger partial charge in [-0.2, -0.15) is 0 Å². The Balaban J connectivity index is 1.90. The third-order valence-corrected chi connectivity index (χ3v) is 3.57. The van der Waals surface area contributed by atoms with E-state index in [1.165, 1.54) is 17.0 Å². The SMILES string of the molecule is O=C(c1cccc(F)c1F)N1CCC(OCCCO)CC1. The summed E-state index contributed by atoms with van der Waals surface area (Å²) in [6.45, 7) is 1.50. The minimum Gasteiger partial charge on any atom is -0.396 e. The molecule has 0 radical (unpaired) electrons. The van der Waals surface area contributed by atoms with E-state index in [2.05, 4.69) is 0 Å². The number of piperidine rings is 1. The summed E-state index contributed by atoms with van der Waals surface area (Å²) in [6.07, 6.45) is 1.97. The fraction of sp³-hybridized carbons (Fsp3) is 0.533. The summed E-state index contributed by atoms with van der Waals surface area (Å²) in [7, 11) is 0. The number of likely N-dealkylation sites (tertiary alicyclic amines) is 1. The predicted octanol–water partition coefficient (Wildman–Crippen LogP) is 1.97. The quantitative estimate of drug-likeness (QED) is 0.846.